The van der Waals surface area contributed by atoms with Gasteiger partial charge in [0.1, 0.15) is 0 Å². The van der Waals surface area contributed by atoms with Crippen LogP contribution in [0.3, 0.4) is 0 Å². The molecule has 1 N–H and O–H groups in total. The molecule has 0 spiro atoms. The van der Waals surface area contributed by atoms with E-state index >= 15 is 0 Å². The van der Waals surface area contributed by atoms with Gasteiger partial charge >= 0.3 is 0 Å². The van der Waals surface area contributed by atoms with Gasteiger partial charge in [-0.3, -0.25) is 0 Å². The summed E-state index contributed by atoms with van der Waals surface area (Å²) in [6, 6.07) is 0. The molecule has 1 aliphatic carbocycles. The van der Waals surface area contributed by atoms with Crippen LogP contribution in [0.25, 0.3) is 0 Å². The van der Waals surface area contributed by atoms with Gasteiger partial charge in [-0.1, -0.05) is 27.2 Å². The minimum Gasteiger partial charge on any atom is -0.316 e. The van der Waals surface area contributed by atoms with Gasteiger partial charge in [-0.2, -0.15) is 0 Å². The summed E-state index contributed by atoms with van der Waals surface area (Å²) >= 11 is 0. The van der Waals surface area contributed by atoms with Crippen molar-refractivity contribution in [2.75, 3.05) is 32.7 Å². The van der Waals surface area contributed by atoms with Crippen molar-refractivity contribution in [3.63, 3.8) is 0 Å². The zero-order valence-corrected chi connectivity index (χ0v) is 11.5. The van der Waals surface area contributed by atoms with Crippen LogP contribution in [0.2, 0.25) is 0 Å². The first-order valence-corrected chi connectivity index (χ1v) is 7.15. The first-order valence-electron chi connectivity index (χ1n) is 7.15. The molecule has 0 aromatic heterocycles. The Morgan fingerprint density at radius 1 is 1.31 bits per heavy atom. The minimum atomic E-state index is 0.775. The normalized spacial score (nSPS) is 17.1. The molecular weight excluding hydrogens is 196 g/mol. The molecule has 1 rings (SSSR count). The molecule has 0 saturated heterocycles. The van der Waals surface area contributed by atoms with Gasteiger partial charge in [0, 0.05) is 6.54 Å². The lowest BCUT2D eigenvalue weighted by Crippen LogP contribution is -2.34. The maximum atomic E-state index is 3.52. The molecular formula is C14H30N2. The average Bonchev–Trinajstić information content (AvgIpc) is 2.19. The van der Waals surface area contributed by atoms with Crippen molar-refractivity contribution in [1.29, 1.82) is 0 Å². The van der Waals surface area contributed by atoms with Crippen LogP contribution in [-0.2, 0) is 0 Å². The van der Waals surface area contributed by atoms with Crippen molar-refractivity contribution in [3.8, 4) is 0 Å². The Morgan fingerprint density at radius 3 is 2.56 bits per heavy atom. The van der Waals surface area contributed by atoms with Gasteiger partial charge in [-0.15, -0.1) is 0 Å². The summed E-state index contributed by atoms with van der Waals surface area (Å²) in [5, 5.41) is 3.52. The Balaban J connectivity index is 1.95. The molecule has 0 aromatic carbocycles. The Hall–Kier alpha value is -0.0800. The summed E-state index contributed by atoms with van der Waals surface area (Å²) in [6.07, 6.45) is 5.72. The molecule has 2 nitrogen and oxygen atoms in total. The second-order valence-electron chi connectivity index (χ2n) is 5.64. The molecule has 0 aromatic rings. The predicted molar refractivity (Wildman–Crippen MR) is 71.8 cm³/mol. The second-order valence-corrected chi connectivity index (χ2v) is 5.64. The fourth-order valence-electron chi connectivity index (χ4n) is 2.24. The molecule has 0 amide bonds. The van der Waals surface area contributed by atoms with E-state index in [-0.39, 0.29) is 0 Å². The molecule has 0 aliphatic heterocycles. The van der Waals surface area contributed by atoms with Crippen LogP contribution in [0.15, 0.2) is 0 Å². The third kappa shape index (κ3) is 5.86. The summed E-state index contributed by atoms with van der Waals surface area (Å²) in [6.45, 7) is 13.0. The molecule has 1 saturated carbocycles. The molecule has 0 heterocycles. The molecule has 0 unspecified atom stereocenters. The molecule has 0 radical (unpaired) electrons. The van der Waals surface area contributed by atoms with Crippen molar-refractivity contribution in [2.24, 2.45) is 11.8 Å². The Labute approximate surface area is 102 Å². The largest absolute Gasteiger partial charge is 0.316 e. The second kappa shape index (κ2) is 8.08. The Kier molecular flexibility index (Phi) is 7.06. The first-order chi connectivity index (χ1) is 7.72. The molecule has 0 atom stereocenters. The maximum Gasteiger partial charge on any atom is 0.000955 e. The zero-order valence-electron chi connectivity index (χ0n) is 11.5. The lowest BCUT2D eigenvalue weighted by atomic mass is 9.85. The van der Waals surface area contributed by atoms with Gasteiger partial charge in [0.2, 0.25) is 0 Å². The lowest BCUT2D eigenvalue weighted by molar-refractivity contribution is 0.182. The number of nitrogens with one attached hydrogen (secondary N) is 1. The number of hydrogen-bond acceptors (Lipinski definition) is 2. The topological polar surface area (TPSA) is 15.3 Å². The highest BCUT2D eigenvalue weighted by atomic mass is 15.1. The van der Waals surface area contributed by atoms with Gasteiger partial charge in [0.15, 0.2) is 0 Å². The standard InChI is InChI=1S/C14H30N2/c1-4-16(12-14-7-5-8-14)10-6-9-15-11-13(2)3/h13-15H,4-12H2,1-3H3. The summed E-state index contributed by atoms with van der Waals surface area (Å²) < 4.78 is 0. The maximum absolute atomic E-state index is 3.52. The summed E-state index contributed by atoms with van der Waals surface area (Å²) in [5.41, 5.74) is 0. The first kappa shape index (κ1) is 14.0. The van der Waals surface area contributed by atoms with Gasteiger partial charge in [0.25, 0.3) is 0 Å². The van der Waals surface area contributed by atoms with Gasteiger partial charge in [0.05, 0.1) is 0 Å². The molecule has 16 heavy (non-hydrogen) atoms. The number of hydrogen-bond donors (Lipinski definition) is 1. The minimum absolute atomic E-state index is 0.775. The summed E-state index contributed by atoms with van der Waals surface area (Å²) in [4.78, 5) is 2.63. The van der Waals surface area contributed by atoms with Crippen LogP contribution in [0.5, 0.6) is 0 Å². The van der Waals surface area contributed by atoms with Crippen molar-refractivity contribution < 1.29 is 0 Å². The predicted octanol–water partition coefficient (Wildman–Crippen LogP) is 2.74. The van der Waals surface area contributed by atoms with E-state index < -0.39 is 0 Å². The van der Waals surface area contributed by atoms with E-state index in [4.69, 9.17) is 0 Å². The molecule has 2 heteroatoms. The van der Waals surface area contributed by atoms with E-state index in [9.17, 15) is 0 Å². The van der Waals surface area contributed by atoms with Gasteiger partial charge < -0.3 is 10.2 Å². The van der Waals surface area contributed by atoms with Crippen LogP contribution >= 0.6 is 0 Å². The van der Waals surface area contributed by atoms with E-state index in [0.717, 1.165) is 18.4 Å². The summed E-state index contributed by atoms with van der Waals surface area (Å²) in [5.74, 6) is 1.79. The Morgan fingerprint density at radius 2 is 2.06 bits per heavy atom. The van der Waals surface area contributed by atoms with E-state index in [1.165, 1.54) is 51.9 Å². The van der Waals surface area contributed by atoms with E-state index in [2.05, 4.69) is 31.0 Å². The fraction of sp³-hybridized carbons (Fsp3) is 1.00. The SMILES string of the molecule is CCN(CCCNCC(C)C)CC1CCC1. The van der Waals surface area contributed by atoms with Crippen molar-refractivity contribution in [3.05, 3.63) is 0 Å². The molecule has 1 aliphatic rings. The van der Waals surface area contributed by atoms with Crippen LogP contribution in [0, 0.1) is 11.8 Å². The van der Waals surface area contributed by atoms with E-state index in [0.29, 0.717) is 0 Å². The quantitative estimate of drug-likeness (QED) is 0.608. The highest BCUT2D eigenvalue weighted by molar-refractivity contribution is 4.73. The summed E-state index contributed by atoms with van der Waals surface area (Å²) in [7, 11) is 0. The van der Waals surface area contributed by atoms with E-state index in [1.807, 2.05) is 0 Å². The van der Waals surface area contributed by atoms with Crippen molar-refractivity contribution in [1.82, 2.24) is 10.2 Å². The van der Waals surface area contributed by atoms with E-state index in [1.54, 1.807) is 0 Å². The van der Waals surface area contributed by atoms with Gasteiger partial charge in [-0.25, -0.2) is 0 Å². The fourth-order valence-corrected chi connectivity index (χ4v) is 2.24. The highest BCUT2D eigenvalue weighted by Gasteiger charge is 2.19. The molecule has 1 fully saturated rings. The van der Waals surface area contributed by atoms with Crippen LogP contribution < -0.4 is 5.32 Å². The zero-order chi connectivity index (χ0) is 11.8. The highest BCUT2D eigenvalue weighted by Crippen LogP contribution is 2.26. The third-order valence-corrected chi connectivity index (χ3v) is 3.57. The van der Waals surface area contributed by atoms with Crippen LogP contribution in [0.4, 0.5) is 0 Å². The Bertz CT molecular complexity index is 164. The van der Waals surface area contributed by atoms with Gasteiger partial charge in [-0.05, 0) is 57.3 Å². The lowest BCUT2D eigenvalue weighted by Gasteiger charge is -2.31. The van der Waals surface area contributed by atoms with Crippen LogP contribution in [0.1, 0.15) is 46.5 Å². The monoisotopic (exact) mass is 226 g/mol. The molecule has 0 bridgehead atoms. The third-order valence-electron chi connectivity index (χ3n) is 3.57. The smallest absolute Gasteiger partial charge is 0.000955 e. The van der Waals surface area contributed by atoms with Crippen LogP contribution in [-0.4, -0.2) is 37.6 Å². The average molecular weight is 226 g/mol. The van der Waals surface area contributed by atoms with Crippen molar-refractivity contribution >= 4 is 0 Å². The molecule has 96 valence electrons. The number of nitrogens with zero attached hydrogens (tertiary/aromatic N) is 1. The number of rotatable bonds is 9. The van der Waals surface area contributed by atoms with Crippen molar-refractivity contribution in [2.45, 2.75) is 46.5 Å².